The summed E-state index contributed by atoms with van der Waals surface area (Å²) in [6, 6.07) is 8.44. The highest BCUT2D eigenvalue weighted by Gasteiger charge is 2.24. The third-order valence-electron chi connectivity index (χ3n) is 4.95. The maximum absolute atomic E-state index is 12.1. The van der Waals surface area contributed by atoms with E-state index < -0.39 is 0 Å². The summed E-state index contributed by atoms with van der Waals surface area (Å²) in [6.07, 6.45) is 6.79. The number of nitrogens with one attached hydrogen (secondary N) is 3. The van der Waals surface area contributed by atoms with Crippen molar-refractivity contribution < 1.29 is 4.79 Å². The van der Waals surface area contributed by atoms with Gasteiger partial charge in [0, 0.05) is 36.5 Å². The minimum Gasteiger partial charge on any atom is -0.354 e. The van der Waals surface area contributed by atoms with Gasteiger partial charge in [0.25, 0.3) is 5.91 Å². The second-order valence-electron chi connectivity index (χ2n) is 6.92. The van der Waals surface area contributed by atoms with Gasteiger partial charge in [0.15, 0.2) is 5.96 Å². The largest absolute Gasteiger partial charge is 0.354 e. The fourth-order valence-corrected chi connectivity index (χ4v) is 3.84. The van der Waals surface area contributed by atoms with Crippen molar-refractivity contribution in [3.05, 3.63) is 35.4 Å². The van der Waals surface area contributed by atoms with E-state index in [1.807, 2.05) is 43.0 Å². The predicted molar refractivity (Wildman–Crippen MR) is 112 cm³/mol. The van der Waals surface area contributed by atoms with Crippen molar-refractivity contribution in [2.45, 2.75) is 63.4 Å². The molecule has 0 bridgehead atoms. The second-order valence-corrected chi connectivity index (χ2v) is 8.06. The molecule has 1 aliphatic rings. The summed E-state index contributed by atoms with van der Waals surface area (Å²) in [5.74, 6) is 0.830. The first-order chi connectivity index (χ1) is 12.5. The summed E-state index contributed by atoms with van der Waals surface area (Å²) in [7, 11) is 1.80. The molecule has 5 nitrogen and oxygen atoms in total. The van der Waals surface area contributed by atoms with Gasteiger partial charge in [-0.1, -0.05) is 19.1 Å². The van der Waals surface area contributed by atoms with Crippen LogP contribution < -0.4 is 16.0 Å². The lowest BCUT2D eigenvalue weighted by atomic mass is 10.1. The Kier molecular flexibility index (Phi) is 8.29. The molecule has 1 amide bonds. The van der Waals surface area contributed by atoms with E-state index in [1.165, 1.54) is 19.3 Å². The number of benzene rings is 1. The highest BCUT2D eigenvalue weighted by atomic mass is 32.2. The highest BCUT2D eigenvalue weighted by molar-refractivity contribution is 7.99. The molecule has 144 valence electrons. The molecule has 6 heteroatoms. The summed E-state index contributed by atoms with van der Waals surface area (Å²) in [4.78, 5) is 16.5. The Hall–Kier alpha value is -1.69. The van der Waals surface area contributed by atoms with Gasteiger partial charge >= 0.3 is 0 Å². The van der Waals surface area contributed by atoms with E-state index >= 15 is 0 Å². The molecule has 2 rings (SSSR count). The van der Waals surface area contributed by atoms with Gasteiger partial charge in [0.1, 0.15) is 0 Å². The van der Waals surface area contributed by atoms with Crippen molar-refractivity contribution in [2.24, 2.45) is 4.99 Å². The Labute approximate surface area is 161 Å². The maximum Gasteiger partial charge on any atom is 0.251 e. The van der Waals surface area contributed by atoms with E-state index in [1.54, 1.807) is 7.05 Å². The van der Waals surface area contributed by atoms with Crippen molar-refractivity contribution >= 4 is 23.6 Å². The number of nitrogens with zero attached hydrogens (tertiary/aromatic N) is 1. The molecule has 0 heterocycles. The molecule has 0 spiro atoms. The SMILES string of the molecule is CCC(C)NC(=O)c1ccc(CNC(=NC)NC2CCC(SC)C2)cc1. The molecule has 3 N–H and O–H groups in total. The Bertz CT molecular complexity index is 602. The third-order valence-corrected chi connectivity index (χ3v) is 6.04. The first-order valence-electron chi connectivity index (χ1n) is 9.45. The van der Waals surface area contributed by atoms with Crippen LogP contribution in [-0.2, 0) is 6.54 Å². The number of hydrogen-bond donors (Lipinski definition) is 3. The van der Waals surface area contributed by atoms with Gasteiger partial charge in [-0.2, -0.15) is 11.8 Å². The van der Waals surface area contributed by atoms with Crippen LogP contribution in [-0.4, -0.2) is 42.5 Å². The van der Waals surface area contributed by atoms with E-state index in [2.05, 4.69) is 34.1 Å². The van der Waals surface area contributed by atoms with Gasteiger partial charge < -0.3 is 16.0 Å². The molecule has 0 aromatic heterocycles. The number of aliphatic imine (C=N–C) groups is 1. The number of carbonyl (C=O) groups excluding carboxylic acids is 1. The third kappa shape index (κ3) is 6.24. The Balaban J connectivity index is 1.81. The van der Waals surface area contributed by atoms with Crippen LogP contribution in [0.15, 0.2) is 29.3 Å². The molecule has 3 unspecified atom stereocenters. The van der Waals surface area contributed by atoms with Crippen molar-refractivity contribution in [3.63, 3.8) is 0 Å². The first-order valence-corrected chi connectivity index (χ1v) is 10.7. The number of amides is 1. The fourth-order valence-electron chi connectivity index (χ4n) is 3.04. The van der Waals surface area contributed by atoms with Crippen molar-refractivity contribution in [1.82, 2.24) is 16.0 Å². The molecule has 1 aliphatic carbocycles. The lowest BCUT2D eigenvalue weighted by Crippen LogP contribution is -2.42. The Morgan fingerprint density at radius 2 is 2.04 bits per heavy atom. The van der Waals surface area contributed by atoms with Gasteiger partial charge in [-0.3, -0.25) is 9.79 Å². The lowest BCUT2D eigenvalue weighted by Gasteiger charge is -2.17. The van der Waals surface area contributed by atoms with E-state index in [-0.39, 0.29) is 11.9 Å². The Morgan fingerprint density at radius 1 is 1.31 bits per heavy atom. The highest BCUT2D eigenvalue weighted by Crippen LogP contribution is 2.27. The average Bonchev–Trinajstić information content (AvgIpc) is 3.12. The second kappa shape index (κ2) is 10.5. The summed E-state index contributed by atoms with van der Waals surface area (Å²) >= 11 is 1.96. The van der Waals surface area contributed by atoms with E-state index in [4.69, 9.17) is 0 Å². The quantitative estimate of drug-likeness (QED) is 0.505. The molecular weight excluding hydrogens is 344 g/mol. The summed E-state index contributed by atoms with van der Waals surface area (Å²) in [5, 5.41) is 10.6. The van der Waals surface area contributed by atoms with Crippen molar-refractivity contribution in [2.75, 3.05) is 13.3 Å². The van der Waals surface area contributed by atoms with Gasteiger partial charge in [0.05, 0.1) is 0 Å². The molecule has 1 saturated carbocycles. The van der Waals surface area contributed by atoms with Crippen molar-refractivity contribution in [1.29, 1.82) is 0 Å². The molecule has 3 atom stereocenters. The van der Waals surface area contributed by atoms with Crippen LogP contribution in [0.5, 0.6) is 0 Å². The zero-order valence-electron chi connectivity index (χ0n) is 16.3. The molecule has 26 heavy (non-hydrogen) atoms. The first kappa shape index (κ1) is 20.6. The van der Waals surface area contributed by atoms with Crippen LogP contribution in [0.2, 0.25) is 0 Å². The molecule has 0 aliphatic heterocycles. The fraction of sp³-hybridized carbons (Fsp3) is 0.600. The van der Waals surface area contributed by atoms with Crippen LogP contribution in [0.1, 0.15) is 55.5 Å². The van der Waals surface area contributed by atoms with Crippen LogP contribution >= 0.6 is 11.8 Å². The van der Waals surface area contributed by atoms with Crippen LogP contribution in [0.3, 0.4) is 0 Å². The zero-order valence-corrected chi connectivity index (χ0v) is 17.2. The topological polar surface area (TPSA) is 65.5 Å². The number of hydrogen-bond acceptors (Lipinski definition) is 3. The summed E-state index contributed by atoms with van der Waals surface area (Å²) in [5.41, 5.74) is 1.83. The smallest absolute Gasteiger partial charge is 0.251 e. The number of carbonyl (C=O) groups is 1. The number of guanidine groups is 1. The number of thioether (sulfide) groups is 1. The minimum absolute atomic E-state index is 0.0130. The van der Waals surface area contributed by atoms with E-state index in [9.17, 15) is 4.79 Å². The van der Waals surface area contributed by atoms with Gasteiger partial charge in [-0.05, 0) is 56.6 Å². The van der Waals surface area contributed by atoms with Crippen molar-refractivity contribution in [3.8, 4) is 0 Å². The monoisotopic (exact) mass is 376 g/mol. The van der Waals surface area contributed by atoms with Gasteiger partial charge in [-0.25, -0.2) is 0 Å². The van der Waals surface area contributed by atoms with E-state index in [0.717, 1.165) is 23.2 Å². The van der Waals surface area contributed by atoms with Gasteiger partial charge in [-0.15, -0.1) is 0 Å². The normalized spacial score (nSPS) is 21.3. The van der Waals surface area contributed by atoms with Crippen LogP contribution in [0.4, 0.5) is 0 Å². The zero-order chi connectivity index (χ0) is 18.9. The van der Waals surface area contributed by atoms with Crippen LogP contribution in [0, 0.1) is 0 Å². The minimum atomic E-state index is -0.0130. The number of rotatable bonds is 7. The van der Waals surface area contributed by atoms with E-state index in [0.29, 0.717) is 18.2 Å². The lowest BCUT2D eigenvalue weighted by molar-refractivity contribution is 0.0939. The van der Waals surface area contributed by atoms with Crippen LogP contribution in [0.25, 0.3) is 0 Å². The molecule has 1 aromatic rings. The van der Waals surface area contributed by atoms with Gasteiger partial charge in [0.2, 0.25) is 0 Å². The molecular formula is C20H32N4OS. The summed E-state index contributed by atoms with van der Waals surface area (Å²) < 4.78 is 0. The molecule has 0 saturated heterocycles. The predicted octanol–water partition coefficient (Wildman–Crippen LogP) is 3.16. The Morgan fingerprint density at radius 3 is 2.62 bits per heavy atom. The maximum atomic E-state index is 12.1. The molecule has 1 fully saturated rings. The average molecular weight is 377 g/mol. The molecule has 0 radical (unpaired) electrons. The molecule has 1 aromatic carbocycles. The standard InChI is InChI=1S/C20H32N4OS/c1-5-14(2)23-19(25)16-8-6-15(7-9-16)13-22-20(21-3)24-17-10-11-18(12-17)26-4/h6-9,14,17-18H,5,10-13H2,1-4H3,(H,23,25)(H2,21,22,24). The summed E-state index contributed by atoms with van der Waals surface area (Å²) in [6.45, 7) is 4.76.